The third kappa shape index (κ3) is 3.84. The minimum Gasteiger partial charge on any atom is -0.481 e. The smallest absolute Gasteiger partial charge is 0.303 e. The van der Waals surface area contributed by atoms with E-state index in [9.17, 15) is 14.4 Å². The van der Waals surface area contributed by atoms with Crippen LogP contribution in [0.3, 0.4) is 0 Å². The molecule has 0 aliphatic heterocycles. The van der Waals surface area contributed by atoms with Crippen molar-refractivity contribution in [1.29, 1.82) is 0 Å². The molecule has 0 bridgehead atoms. The van der Waals surface area contributed by atoms with Gasteiger partial charge in [0.15, 0.2) is 0 Å². The van der Waals surface area contributed by atoms with Crippen LogP contribution in [0, 0.1) is 46.3 Å². The van der Waals surface area contributed by atoms with Gasteiger partial charge in [-0.25, -0.2) is 0 Å². The second-order valence-electron chi connectivity index (χ2n) is 11.8. The third-order valence-electron chi connectivity index (χ3n) is 10.2. The van der Waals surface area contributed by atoms with E-state index in [0.29, 0.717) is 48.2 Å². The highest BCUT2D eigenvalue weighted by Crippen LogP contribution is 2.67. The monoisotopic (exact) mass is 432 g/mol. The molecule has 0 aromatic heterocycles. The summed E-state index contributed by atoms with van der Waals surface area (Å²) in [7, 11) is 0. The fraction of sp³-hybridized carbons (Fsp3) is 0.885. The first-order chi connectivity index (χ1) is 14.6. The van der Waals surface area contributed by atoms with Gasteiger partial charge in [0.1, 0.15) is 11.9 Å². The first-order valence-corrected chi connectivity index (χ1v) is 12.5. The average molecular weight is 433 g/mol. The van der Waals surface area contributed by atoms with E-state index in [-0.39, 0.29) is 35.2 Å². The van der Waals surface area contributed by atoms with Crippen LogP contribution in [0.2, 0.25) is 0 Å². The van der Waals surface area contributed by atoms with Gasteiger partial charge in [-0.15, -0.1) is 0 Å². The molecule has 0 unspecified atom stereocenters. The predicted molar refractivity (Wildman–Crippen MR) is 117 cm³/mol. The Morgan fingerprint density at radius 2 is 1.87 bits per heavy atom. The molecule has 0 radical (unpaired) electrons. The largest absolute Gasteiger partial charge is 0.481 e. The number of carboxylic acids is 1. The van der Waals surface area contributed by atoms with Gasteiger partial charge in [-0.3, -0.25) is 14.4 Å². The highest BCUT2D eigenvalue weighted by Gasteiger charge is 2.63. The van der Waals surface area contributed by atoms with Gasteiger partial charge in [0.25, 0.3) is 0 Å². The van der Waals surface area contributed by atoms with Crippen LogP contribution in [0.4, 0.5) is 0 Å². The lowest BCUT2D eigenvalue weighted by Crippen LogP contribution is -2.58. The Hall–Kier alpha value is -1.39. The number of Topliss-reactive ketones (excluding diaryl/α,β-unsaturated/α-hetero) is 1. The number of carbonyl (C=O) groups is 3. The number of aliphatic carboxylic acids is 1. The van der Waals surface area contributed by atoms with Crippen molar-refractivity contribution in [2.24, 2.45) is 46.3 Å². The summed E-state index contributed by atoms with van der Waals surface area (Å²) in [6.45, 7) is 8.38. The van der Waals surface area contributed by atoms with E-state index in [4.69, 9.17) is 9.84 Å². The molecule has 4 aliphatic carbocycles. The Labute approximate surface area is 186 Å². The van der Waals surface area contributed by atoms with Crippen molar-refractivity contribution in [2.45, 2.75) is 98.0 Å². The second-order valence-corrected chi connectivity index (χ2v) is 11.8. The standard InChI is InChI=1S/C26H40O5/c1-15(5-10-23(29)30)20-8-9-21-19-7-6-17-13-18(31-16(2)27)11-12-25(17,3)24(19)22(28)14-26(20,21)4/h15,17-21,24H,5-14H2,1-4H3,(H,29,30)/t15-,17-,18-,19+,20-,21+,24-,25+,26-/m1/s1. The Morgan fingerprint density at radius 3 is 2.55 bits per heavy atom. The Balaban J connectivity index is 1.53. The lowest BCUT2D eigenvalue weighted by Gasteiger charge is -2.60. The molecule has 31 heavy (non-hydrogen) atoms. The summed E-state index contributed by atoms with van der Waals surface area (Å²) >= 11 is 0. The summed E-state index contributed by atoms with van der Waals surface area (Å²) in [5.74, 6) is 2.00. The molecule has 174 valence electrons. The third-order valence-corrected chi connectivity index (χ3v) is 10.2. The number of carbonyl (C=O) groups excluding carboxylic acids is 2. The number of carboxylic acid groups (broad SMARTS) is 1. The first-order valence-electron chi connectivity index (χ1n) is 12.5. The van der Waals surface area contributed by atoms with Crippen LogP contribution in [-0.2, 0) is 19.1 Å². The zero-order valence-electron chi connectivity index (χ0n) is 19.7. The fourth-order valence-electron chi connectivity index (χ4n) is 8.90. The van der Waals surface area contributed by atoms with E-state index >= 15 is 0 Å². The normalized spacial score (nSPS) is 45.2. The minimum absolute atomic E-state index is 0.0158. The van der Waals surface area contributed by atoms with E-state index in [1.807, 2.05) is 0 Å². The summed E-state index contributed by atoms with van der Waals surface area (Å²) in [6.07, 6.45) is 8.93. The first kappa shape index (κ1) is 22.8. The average Bonchev–Trinajstić information content (AvgIpc) is 3.02. The predicted octanol–water partition coefficient (Wildman–Crippen LogP) is 5.26. The molecule has 0 heterocycles. The molecule has 0 aromatic carbocycles. The van der Waals surface area contributed by atoms with Crippen LogP contribution < -0.4 is 0 Å². The minimum atomic E-state index is -0.720. The van der Waals surface area contributed by atoms with Crippen LogP contribution >= 0.6 is 0 Å². The summed E-state index contributed by atoms with van der Waals surface area (Å²) in [5, 5.41) is 9.12. The highest BCUT2D eigenvalue weighted by atomic mass is 16.5. The molecule has 4 rings (SSSR count). The Kier molecular flexibility index (Phi) is 6.02. The highest BCUT2D eigenvalue weighted by molar-refractivity contribution is 5.84. The van der Waals surface area contributed by atoms with Gasteiger partial charge in [-0.2, -0.15) is 0 Å². The molecule has 5 nitrogen and oxygen atoms in total. The second kappa shape index (κ2) is 8.19. The quantitative estimate of drug-likeness (QED) is 0.600. The number of esters is 1. The molecule has 9 atom stereocenters. The van der Waals surface area contributed by atoms with Crippen molar-refractivity contribution >= 4 is 17.7 Å². The van der Waals surface area contributed by atoms with Gasteiger partial charge in [-0.05, 0) is 91.8 Å². The van der Waals surface area contributed by atoms with Crippen LogP contribution in [0.1, 0.15) is 91.9 Å². The SMILES string of the molecule is CC(=O)O[C@@H]1CC[C@@]2(C)[C@H](CC[C@H]3[C@@H]4CC[C@H]([C@H](C)CCC(=O)O)[C@@]4(C)CC(=O)[C@@H]32)C1. The van der Waals surface area contributed by atoms with Gasteiger partial charge in [0.2, 0.25) is 0 Å². The molecule has 4 fully saturated rings. The maximum atomic E-state index is 13.8. The van der Waals surface area contributed by atoms with Gasteiger partial charge in [-0.1, -0.05) is 20.8 Å². The maximum Gasteiger partial charge on any atom is 0.303 e. The molecule has 0 spiro atoms. The Bertz CT molecular complexity index is 746. The lowest BCUT2D eigenvalue weighted by atomic mass is 9.44. The van der Waals surface area contributed by atoms with Crippen molar-refractivity contribution in [1.82, 2.24) is 0 Å². The van der Waals surface area contributed by atoms with Crippen LogP contribution in [0.5, 0.6) is 0 Å². The zero-order chi connectivity index (χ0) is 22.6. The van der Waals surface area contributed by atoms with E-state index in [1.54, 1.807) is 0 Å². The number of ether oxygens (including phenoxy) is 1. The number of hydrogen-bond acceptors (Lipinski definition) is 4. The van der Waals surface area contributed by atoms with E-state index < -0.39 is 5.97 Å². The molecule has 4 aliphatic rings. The summed E-state index contributed by atoms with van der Waals surface area (Å²) in [5.41, 5.74) is 0.0549. The number of ketones is 1. The van der Waals surface area contributed by atoms with Crippen molar-refractivity contribution in [2.75, 3.05) is 0 Å². The summed E-state index contributed by atoms with van der Waals surface area (Å²) in [6, 6.07) is 0. The van der Waals surface area contributed by atoms with Crippen molar-refractivity contribution < 1.29 is 24.2 Å². The molecule has 5 heteroatoms. The van der Waals surface area contributed by atoms with Crippen molar-refractivity contribution in [3.63, 3.8) is 0 Å². The molecule has 0 saturated heterocycles. The van der Waals surface area contributed by atoms with Crippen LogP contribution in [0.25, 0.3) is 0 Å². The molecular weight excluding hydrogens is 392 g/mol. The van der Waals surface area contributed by atoms with E-state index in [1.165, 1.54) is 13.3 Å². The van der Waals surface area contributed by atoms with E-state index in [2.05, 4.69) is 20.8 Å². The fourth-order valence-corrected chi connectivity index (χ4v) is 8.90. The zero-order valence-corrected chi connectivity index (χ0v) is 19.7. The molecular formula is C26H40O5. The van der Waals surface area contributed by atoms with Crippen molar-refractivity contribution in [3.8, 4) is 0 Å². The number of fused-ring (bicyclic) bond motifs is 5. The molecule has 0 aromatic rings. The van der Waals surface area contributed by atoms with Gasteiger partial charge >= 0.3 is 11.9 Å². The van der Waals surface area contributed by atoms with Crippen molar-refractivity contribution in [3.05, 3.63) is 0 Å². The van der Waals surface area contributed by atoms with Gasteiger partial charge < -0.3 is 9.84 Å². The van der Waals surface area contributed by atoms with E-state index in [0.717, 1.165) is 38.5 Å². The maximum absolute atomic E-state index is 13.8. The lowest BCUT2D eigenvalue weighted by molar-refractivity contribution is -0.169. The van der Waals surface area contributed by atoms with Gasteiger partial charge in [0.05, 0.1) is 0 Å². The number of hydrogen-bond donors (Lipinski definition) is 1. The topological polar surface area (TPSA) is 80.7 Å². The van der Waals surface area contributed by atoms with Crippen LogP contribution in [-0.4, -0.2) is 28.9 Å². The van der Waals surface area contributed by atoms with Crippen LogP contribution in [0.15, 0.2) is 0 Å². The summed E-state index contributed by atoms with van der Waals surface area (Å²) in [4.78, 5) is 36.3. The summed E-state index contributed by atoms with van der Waals surface area (Å²) < 4.78 is 5.55. The molecule has 4 saturated carbocycles. The molecule has 0 amide bonds. The number of rotatable bonds is 5. The van der Waals surface area contributed by atoms with Gasteiger partial charge in [0, 0.05) is 25.7 Å². The Morgan fingerprint density at radius 1 is 1.13 bits per heavy atom. The molecule has 1 N–H and O–H groups in total.